The van der Waals surface area contributed by atoms with Crippen LogP contribution in [0, 0.1) is 6.92 Å². The molecule has 0 aliphatic heterocycles. The lowest BCUT2D eigenvalue weighted by atomic mass is 10.1. The molecule has 0 saturated carbocycles. The maximum Gasteiger partial charge on any atom is 0.330 e. The summed E-state index contributed by atoms with van der Waals surface area (Å²) in [6.45, 7) is 2.25. The van der Waals surface area contributed by atoms with Crippen LogP contribution in [-0.2, 0) is 16.1 Å². The highest BCUT2D eigenvalue weighted by molar-refractivity contribution is 5.87. The van der Waals surface area contributed by atoms with E-state index in [0.29, 0.717) is 18.2 Å². The Morgan fingerprint density at radius 2 is 1.90 bits per heavy atom. The average Bonchev–Trinajstić information content (AvgIpc) is 3.25. The Morgan fingerprint density at radius 1 is 1.07 bits per heavy atom. The molecule has 0 saturated heterocycles. The summed E-state index contributed by atoms with van der Waals surface area (Å²) in [5.74, 6) is 0.932. The van der Waals surface area contributed by atoms with Crippen molar-refractivity contribution in [3.63, 3.8) is 0 Å². The van der Waals surface area contributed by atoms with Gasteiger partial charge in [-0.1, -0.05) is 36.4 Å². The fourth-order valence-corrected chi connectivity index (χ4v) is 3.15. The van der Waals surface area contributed by atoms with Gasteiger partial charge in [-0.2, -0.15) is 0 Å². The number of hydrogen-bond donors (Lipinski definition) is 0. The Morgan fingerprint density at radius 3 is 2.70 bits per heavy atom. The molecule has 3 aromatic carbocycles. The van der Waals surface area contributed by atoms with Crippen LogP contribution < -0.4 is 4.74 Å². The lowest BCUT2D eigenvalue weighted by Crippen LogP contribution is -1.98. The Bertz CT molecular complexity index is 1220. The highest BCUT2D eigenvalue weighted by Gasteiger charge is 2.09. The van der Waals surface area contributed by atoms with Gasteiger partial charge in [-0.25, -0.2) is 9.78 Å². The second kappa shape index (κ2) is 8.66. The molecule has 0 spiro atoms. The summed E-state index contributed by atoms with van der Waals surface area (Å²) in [6.07, 6.45) is 4.71. The first kappa shape index (κ1) is 19.5. The van der Waals surface area contributed by atoms with Gasteiger partial charge in [0.2, 0.25) is 5.89 Å². The van der Waals surface area contributed by atoms with E-state index in [4.69, 9.17) is 9.15 Å². The van der Waals surface area contributed by atoms with E-state index in [0.717, 1.165) is 27.8 Å². The number of rotatable bonds is 6. The minimum Gasteiger partial charge on any atom is -0.487 e. The van der Waals surface area contributed by atoms with E-state index >= 15 is 0 Å². The van der Waals surface area contributed by atoms with Crippen molar-refractivity contribution < 1.29 is 18.7 Å². The molecular weight excluding hydrogens is 378 g/mol. The van der Waals surface area contributed by atoms with Gasteiger partial charge in [0.1, 0.15) is 24.3 Å². The van der Waals surface area contributed by atoms with Crippen LogP contribution >= 0.6 is 0 Å². The number of fused-ring (bicyclic) bond motifs is 1. The van der Waals surface area contributed by atoms with Crippen LogP contribution in [-0.4, -0.2) is 18.1 Å². The van der Waals surface area contributed by atoms with Crippen LogP contribution in [0.5, 0.6) is 5.75 Å². The van der Waals surface area contributed by atoms with E-state index < -0.39 is 0 Å². The molecule has 0 atom stereocenters. The molecule has 4 rings (SSSR count). The third-order valence-electron chi connectivity index (χ3n) is 4.74. The zero-order valence-corrected chi connectivity index (χ0v) is 16.8. The minimum absolute atomic E-state index is 0.301. The molecule has 0 fully saturated rings. The summed E-state index contributed by atoms with van der Waals surface area (Å²) >= 11 is 0. The van der Waals surface area contributed by atoms with Crippen molar-refractivity contribution in [2.24, 2.45) is 0 Å². The first-order valence-corrected chi connectivity index (χ1v) is 9.55. The van der Waals surface area contributed by atoms with Gasteiger partial charge < -0.3 is 13.9 Å². The smallest absolute Gasteiger partial charge is 0.330 e. The van der Waals surface area contributed by atoms with Crippen molar-refractivity contribution >= 4 is 22.8 Å². The van der Waals surface area contributed by atoms with Crippen molar-refractivity contribution in [2.45, 2.75) is 13.5 Å². The van der Waals surface area contributed by atoms with Crippen LogP contribution in [0.15, 0.2) is 77.4 Å². The lowest BCUT2D eigenvalue weighted by molar-refractivity contribution is -0.134. The highest BCUT2D eigenvalue weighted by atomic mass is 16.5. The first-order valence-electron chi connectivity index (χ1n) is 9.55. The highest BCUT2D eigenvalue weighted by Crippen LogP contribution is 2.25. The third-order valence-corrected chi connectivity index (χ3v) is 4.74. The van der Waals surface area contributed by atoms with Gasteiger partial charge in [-0.15, -0.1) is 0 Å². The van der Waals surface area contributed by atoms with Crippen molar-refractivity contribution in [3.05, 3.63) is 89.8 Å². The van der Waals surface area contributed by atoms with Gasteiger partial charge in [0, 0.05) is 11.6 Å². The van der Waals surface area contributed by atoms with E-state index in [2.05, 4.69) is 34.0 Å². The molecule has 0 bridgehead atoms. The van der Waals surface area contributed by atoms with Gasteiger partial charge in [0.05, 0.1) is 7.11 Å². The van der Waals surface area contributed by atoms with Gasteiger partial charge in [-0.05, 0) is 59.2 Å². The molecule has 150 valence electrons. The molecule has 0 aliphatic rings. The maximum absolute atomic E-state index is 11.2. The van der Waals surface area contributed by atoms with Crippen LogP contribution in [0.4, 0.5) is 0 Å². The number of oxazole rings is 1. The Kier molecular flexibility index (Phi) is 5.61. The topological polar surface area (TPSA) is 61.6 Å². The number of hydrogen-bond acceptors (Lipinski definition) is 5. The van der Waals surface area contributed by atoms with Crippen molar-refractivity contribution in [2.75, 3.05) is 7.11 Å². The van der Waals surface area contributed by atoms with Crippen LogP contribution in [0.3, 0.4) is 0 Å². The quantitative estimate of drug-likeness (QED) is 0.313. The molecule has 0 aliphatic carbocycles. The molecule has 30 heavy (non-hydrogen) atoms. The minimum atomic E-state index is -0.388. The largest absolute Gasteiger partial charge is 0.487 e. The number of aromatic nitrogens is 1. The number of benzene rings is 3. The molecule has 0 amide bonds. The SMILES string of the molecule is COC(=O)C=Cc1ccc(OCc2coc(-c3ccc4ccccc4c3)n2)c(C)c1. The van der Waals surface area contributed by atoms with Gasteiger partial charge in [0.25, 0.3) is 0 Å². The Balaban J connectivity index is 1.44. The van der Waals surface area contributed by atoms with E-state index in [9.17, 15) is 4.79 Å². The molecule has 5 nitrogen and oxygen atoms in total. The lowest BCUT2D eigenvalue weighted by Gasteiger charge is -2.08. The molecule has 5 heteroatoms. The number of ether oxygens (including phenoxy) is 2. The summed E-state index contributed by atoms with van der Waals surface area (Å²) < 4.78 is 16.2. The predicted octanol–water partition coefficient (Wildman–Crippen LogP) is 5.57. The fourth-order valence-electron chi connectivity index (χ4n) is 3.15. The third kappa shape index (κ3) is 4.41. The molecule has 0 radical (unpaired) electrons. The number of methoxy groups -OCH3 is 1. The van der Waals surface area contributed by atoms with Gasteiger partial charge in [-0.3, -0.25) is 0 Å². The zero-order valence-electron chi connectivity index (χ0n) is 16.8. The standard InChI is InChI=1S/C25H21NO4/c1-17-13-18(8-12-24(27)28-2)7-11-23(17)29-15-22-16-30-25(26-22)21-10-9-19-5-3-4-6-20(19)14-21/h3-14,16H,15H2,1-2H3. The number of carbonyl (C=O) groups excluding carboxylic acids is 1. The van der Waals surface area contributed by atoms with Crippen molar-refractivity contribution in [1.82, 2.24) is 4.98 Å². The normalized spacial score (nSPS) is 11.1. The molecule has 1 aromatic heterocycles. The molecule has 1 heterocycles. The number of esters is 1. The van der Waals surface area contributed by atoms with Gasteiger partial charge in [0.15, 0.2) is 0 Å². The average molecular weight is 399 g/mol. The second-order valence-corrected chi connectivity index (χ2v) is 6.88. The van der Waals surface area contributed by atoms with E-state index in [1.54, 1.807) is 12.3 Å². The maximum atomic E-state index is 11.2. The van der Waals surface area contributed by atoms with Gasteiger partial charge >= 0.3 is 5.97 Å². The predicted molar refractivity (Wildman–Crippen MR) is 116 cm³/mol. The Labute approximate surface area is 174 Å². The fraction of sp³-hybridized carbons (Fsp3) is 0.120. The summed E-state index contributed by atoms with van der Waals surface area (Å²) in [5.41, 5.74) is 3.50. The molecule has 0 N–H and O–H groups in total. The van der Waals surface area contributed by atoms with Crippen LogP contribution in [0.25, 0.3) is 28.3 Å². The van der Waals surface area contributed by atoms with Crippen molar-refractivity contribution in [3.8, 4) is 17.2 Å². The molecular formula is C25H21NO4. The summed E-state index contributed by atoms with van der Waals surface area (Å²) in [5, 5.41) is 2.32. The van der Waals surface area contributed by atoms with E-state index in [1.165, 1.54) is 18.6 Å². The first-order chi connectivity index (χ1) is 14.6. The van der Waals surface area contributed by atoms with Crippen molar-refractivity contribution in [1.29, 1.82) is 0 Å². The second-order valence-electron chi connectivity index (χ2n) is 6.88. The van der Waals surface area contributed by atoms with Crippen LogP contribution in [0.1, 0.15) is 16.8 Å². The zero-order chi connectivity index (χ0) is 20.9. The van der Waals surface area contributed by atoms with E-state index in [-0.39, 0.29) is 5.97 Å². The summed E-state index contributed by atoms with van der Waals surface area (Å²) in [7, 11) is 1.35. The Hall–Kier alpha value is -3.86. The summed E-state index contributed by atoms with van der Waals surface area (Å²) in [6, 6.07) is 20.0. The molecule has 4 aromatic rings. The monoisotopic (exact) mass is 399 g/mol. The number of nitrogens with zero attached hydrogens (tertiary/aromatic N) is 1. The number of carbonyl (C=O) groups is 1. The van der Waals surface area contributed by atoms with E-state index in [1.807, 2.05) is 43.3 Å². The summed E-state index contributed by atoms with van der Waals surface area (Å²) in [4.78, 5) is 15.8. The number of aryl methyl sites for hydroxylation is 1. The van der Waals surface area contributed by atoms with Crippen LogP contribution in [0.2, 0.25) is 0 Å². The molecule has 0 unspecified atom stereocenters.